The molecule has 0 amide bonds. The first-order valence-electron chi connectivity index (χ1n) is 5.25. The Labute approximate surface area is 110 Å². The first kappa shape index (κ1) is 13.6. The third kappa shape index (κ3) is 2.32. The summed E-state index contributed by atoms with van der Waals surface area (Å²) in [5.41, 5.74) is 1.26. The number of halogens is 1. The van der Waals surface area contributed by atoms with Crippen LogP contribution in [0, 0.1) is 5.21 Å². The van der Waals surface area contributed by atoms with Gasteiger partial charge in [0.25, 0.3) is 0 Å². The Bertz CT molecular complexity index is 561. The van der Waals surface area contributed by atoms with Crippen LogP contribution in [0.1, 0.15) is 11.5 Å². The lowest BCUT2D eigenvalue weighted by Gasteiger charge is -2.18. The van der Waals surface area contributed by atoms with Crippen LogP contribution in [0.4, 0.5) is 11.4 Å². The number of sulfonamides is 1. The molecule has 6 nitrogen and oxygen atoms in total. The van der Waals surface area contributed by atoms with Gasteiger partial charge < -0.3 is 5.21 Å². The van der Waals surface area contributed by atoms with Crippen molar-refractivity contribution in [3.8, 4) is 0 Å². The van der Waals surface area contributed by atoms with Crippen LogP contribution in [0.2, 0.25) is 0 Å². The number of alkyl halides is 1. The summed E-state index contributed by atoms with van der Waals surface area (Å²) >= 11 is 5.82. The molecular weight excluding hydrogens is 280 g/mol. The first-order valence-corrected chi connectivity index (χ1v) is 7.64. The van der Waals surface area contributed by atoms with Crippen LogP contribution >= 0.6 is 11.6 Å². The van der Waals surface area contributed by atoms with Gasteiger partial charge in [0.15, 0.2) is 5.69 Å². The van der Waals surface area contributed by atoms with Crippen molar-refractivity contribution in [2.45, 2.75) is 5.92 Å². The Morgan fingerprint density at radius 2 is 2.28 bits per heavy atom. The molecule has 0 bridgehead atoms. The maximum Gasteiger partial charge on any atom is 0.232 e. The molecule has 18 heavy (non-hydrogen) atoms. The minimum absolute atomic E-state index is 0.0672. The highest BCUT2D eigenvalue weighted by Crippen LogP contribution is 2.39. The fraction of sp³-hybridized carbons (Fsp3) is 0.400. The monoisotopic (exact) mass is 292 g/mol. The molecule has 100 valence electrons. The Morgan fingerprint density at radius 3 is 2.78 bits per heavy atom. The molecule has 2 unspecified atom stereocenters. The van der Waals surface area contributed by atoms with E-state index in [1.54, 1.807) is 6.07 Å². The average Bonchev–Trinajstić information content (AvgIpc) is 2.66. The molecule has 2 rings (SSSR count). The van der Waals surface area contributed by atoms with Crippen molar-refractivity contribution in [3.63, 3.8) is 0 Å². The number of fused-ring (bicyclic) bond motifs is 1. The standard InChI is InChI=1S/C10H13ClN2O4S/c1-18(16,17)12-6-7(5-11)9-3-2-8(13(14)15)4-10(9)12/h2-4,7,13-14H,5-6H2,1H3. The summed E-state index contributed by atoms with van der Waals surface area (Å²) in [7, 11) is -3.42. The van der Waals surface area contributed by atoms with E-state index in [0.29, 0.717) is 11.6 Å². The molecule has 2 N–H and O–H groups in total. The van der Waals surface area contributed by atoms with Gasteiger partial charge >= 0.3 is 0 Å². The van der Waals surface area contributed by atoms with Crippen molar-refractivity contribution in [1.82, 2.24) is 0 Å². The number of benzene rings is 1. The molecule has 1 aliphatic heterocycles. The Hall–Kier alpha value is -0.860. The lowest BCUT2D eigenvalue weighted by atomic mass is 10.0. The van der Waals surface area contributed by atoms with Crippen LogP contribution in [0.25, 0.3) is 0 Å². The third-order valence-corrected chi connectivity index (χ3v) is 4.48. The van der Waals surface area contributed by atoms with Crippen LogP contribution in [-0.2, 0) is 10.0 Å². The van der Waals surface area contributed by atoms with Crippen LogP contribution in [0.3, 0.4) is 0 Å². The summed E-state index contributed by atoms with van der Waals surface area (Å²) in [6.45, 7) is 0.265. The van der Waals surface area contributed by atoms with Crippen LogP contribution < -0.4 is 9.53 Å². The summed E-state index contributed by atoms with van der Waals surface area (Å²) in [5.74, 6) is 0.199. The van der Waals surface area contributed by atoms with Gasteiger partial charge in [0.1, 0.15) is 0 Å². The van der Waals surface area contributed by atoms with Gasteiger partial charge in [-0.15, -0.1) is 11.6 Å². The second-order valence-corrected chi connectivity index (χ2v) is 6.44. The van der Waals surface area contributed by atoms with Crippen molar-refractivity contribution >= 4 is 33.0 Å². The molecule has 8 heteroatoms. The minimum Gasteiger partial charge on any atom is -0.595 e. The fourth-order valence-corrected chi connectivity index (χ4v) is 3.31. The third-order valence-electron chi connectivity index (χ3n) is 2.96. The van der Waals surface area contributed by atoms with E-state index in [4.69, 9.17) is 16.8 Å². The molecule has 1 aliphatic rings. The second-order valence-electron chi connectivity index (χ2n) is 4.22. The number of nitrogens with one attached hydrogen (secondary N) is 1. The highest BCUT2D eigenvalue weighted by Gasteiger charge is 2.33. The largest absolute Gasteiger partial charge is 0.595 e. The molecule has 0 saturated heterocycles. The molecular formula is C10H13ClN2O4S. The van der Waals surface area contributed by atoms with Gasteiger partial charge in [-0.3, -0.25) is 4.31 Å². The van der Waals surface area contributed by atoms with Crippen molar-refractivity contribution < 1.29 is 18.9 Å². The van der Waals surface area contributed by atoms with Crippen molar-refractivity contribution in [3.05, 3.63) is 29.0 Å². The average molecular weight is 293 g/mol. The maximum absolute atomic E-state index is 11.7. The van der Waals surface area contributed by atoms with Gasteiger partial charge in [-0.05, 0) is 5.56 Å². The number of anilines is 1. The number of nitrogens with zero attached hydrogens (tertiary/aromatic N) is 1. The molecule has 0 aliphatic carbocycles. The van der Waals surface area contributed by atoms with Gasteiger partial charge in [-0.1, -0.05) is 6.07 Å². The molecule has 1 aromatic carbocycles. The number of quaternary nitrogens is 1. The van der Waals surface area contributed by atoms with Gasteiger partial charge in [0.05, 0.1) is 11.9 Å². The highest BCUT2D eigenvalue weighted by atomic mass is 35.5. The van der Waals surface area contributed by atoms with Crippen molar-refractivity contribution in [2.24, 2.45) is 0 Å². The molecule has 0 aromatic heterocycles. The zero-order valence-electron chi connectivity index (χ0n) is 9.63. The first-order chi connectivity index (χ1) is 8.34. The highest BCUT2D eigenvalue weighted by molar-refractivity contribution is 7.92. The topological polar surface area (TPSA) is 85.1 Å². The van der Waals surface area contributed by atoms with E-state index in [0.717, 1.165) is 11.8 Å². The molecule has 2 atom stereocenters. The lowest BCUT2D eigenvalue weighted by Crippen LogP contribution is -2.99. The van der Waals surface area contributed by atoms with E-state index >= 15 is 0 Å². The van der Waals surface area contributed by atoms with Gasteiger partial charge in [0.2, 0.25) is 10.0 Å². The summed E-state index contributed by atoms with van der Waals surface area (Å²) in [4.78, 5) is 0. The Morgan fingerprint density at radius 1 is 1.61 bits per heavy atom. The van der Waals surface area contributed by atoms with Crippen LogP contribution in [-0.4, -0.2) is 32.3 Å². The van der Waals surface area contributed by atoms with E-state index in [1.165, 1.54) is 16.4 Å². The maximum atomic E-state index is 11.7. The van der Waals surface area contributed by atoms with Crippen molar-refractivity contribution in [2.75, 3.05) is 23.0 Å². The van der Waals surface area contributed by atoms with E-state index in [9.17, 15) is 13.6 Å². The number of hydrogen-bond acceptors (Lipinski definition) is 4. The zero-order valence-corrected chi connectivity index (χ0v) is 11.2. The summed E-state index contributed by atoms with van der Waals surface area (Å²) in [6, 6.07) is 4.48. The van der Waals surface area contributed by atoms with Crippen LogP contribution in [0.15, 0.2) is 18.2 Å². The van der Waals surface area contributed by atoms with E-state index in [2.05, 4.69) is 0 Å². The van der Waals surface area contributed by atoms with E-state index in [-0.39, 0.29) is 18.2 Å². The molecule has 1 heterocycles. The lowest BCUT2D eigenvalue weighted by molar-refractivity contribution is -0.991. The summed E-state index contributed by atoms with van der Waals surface area (Å²) in [5, 5.41) is 18.8. The minimum atomic E-state index is -3.42. The smallest absolute Gasteiger partial charge is 0.232 e. The predicted octanol–water partition coefficient (Wildman–Crippen LogP) is 0.192. The van der Waals surface area contributed by atoms with E-state index < -0.39 is 15.2 Å². The van der Waals surface area contributed by atoms with Gasteiger partial charge in [-0.2, -0.15) is 5.23 Å². The molecule has 0 radical (unpaired) electrons. The molecule has 0 spiro atoms. The quantitative estimate of drug-likeness (QED) is 0.615. The van der Waals surface area contributed by atoms with Gasteiger partial charge in [-0.25, -0.2) is 13.6 Å². The SMILES string of the molecule is CS(=O)(=O)N1CC(CCl)c2ccc([NH+]([O-])O)cc21. The molecule has 0 saturated carbocycles. The molecule has 0 fully saturated rings. The molecule has 1 aromatic rings. The Kier molecular flexibility index (Phi) is 3.52. The fourth-order valence-electron chi connectivity index (χ4n) is 2.08. The number of rotatable bonds is 3. The summed E-state index contributed by atoms with van der Waals surface area (Å²) in [6.07, 6.45) is 1.10. The van der Waals surface area contributed by atoms with Crippen molar-refractivity contribution in [1.29, 1.82) is 0 Å². The Balaban J connectivity index is 2.54. The van der Waals surface area contributed by atoms with Gasteiger partial charge in [0, 0.05) is 30.5 Å². The normalized spacial score (nSPS) is 20.9. The second kappa shape index (κ2) is 4.67. The number of hydrogen-bond donors (Lipinski definition) is 2. The zero-order chi connectivity index (χ0) is 13.5. The summed E-state index contributed by atoms with van der Waals surface area (Å²) < 4.78 is 24.6. The van der Waals surface area contributed by atoms with E-state index in [1.807, 2.05) is 0 Å². The predicted molar refractivity (Wildman–Crippen MR) is 67.9 cm³/mol. The van der Waals surface area contributed by atoms with Crippen LogP contribution in [0.5, 0.6) is 0 Å².